The van der Waals surface area contributed by atoms with Gasteiger partial charge in [-0.15, -0.1) is 5.10 Å². The van der Waals surface area contributed by atoms with Gasteiger partial charge in [0.05, 0.1) is 6.20 Å². The Balaban J connectivity index is 2.20. The molecule has 1 aromatic heterocycles. The summed E-state index contributed by atoms with van der Waals surface area (Å²) in [5, 5.41) is 7.88. The van der Waals surface area contributed by atoms with E-state index in [2.05, 4.69) is 24.2 Å². The van der Waals surface area contributed by atoms with Gasteiger partial charge < -0.3 is 0 Å². The van der Waals surface area contributed by atoms with Crippen molar-refractivity contribution < 1.29 is 4.79 Å². The number of ketones is 1. The van der Waals surface area contributed by atoms with Crippen LogP contribution in [-0.4, -0.2) is 20.8 Å². The molecule has 2 rings (SSSR count). The maximum absolute atomic E-state index is 12.6. The molecule has 1 fully saturated rings. The molecule has 0 bridgehead atoms. The van der Waals surface area contributed by atoms with Crippen molar-refractivity contribution in [2.45, 2.75) is 58.9 Å². The average Bonchev–Trinajstić information content (AvgIpc) is 2.78. The van der Waals surface area contributed by atoms with Crippen LogP contribution in [0.1, 0.15) is 62.9 Å². The molecule has 1 aliphatic carbocycles. The van der Waals surface area contributed by atoms with Crippen molar-refractivity contribution in [3.63, 3.8) is 0 Å². The summed E-state index contributed by atoms with van der Waals surface area (Å²) in [6.45, 7) is 4.95. The highest BCUT2D eigenvalue weighted by atomic mass is 16.1. The van der Waals surface area contributed by atoms with Crippen LogP contribution in [0.4, 0.5) is 0 Å². The number of hydrogen-bond acceptors (Lipinski definition) is 3. The minimum atomic E-state index is -0.189. The lowest BCUT2D eigenvalue weighted by atomic mass is 9.72. The number of nitrogens with zero attached hydrogens (tertiary/aromatic N) is 3. The maximum Gasteiger partial charge on any atom is 0.188 e. The summed E-state index contributed by atoms with van der Waals surface area (Å²) < 4.78 is 1.75. The number of hydrogen-bond donors (Lipinski definition) is 0. The summed E-state index contributed by atoms with van der Waals surface area (Å²) in [6, 6.07) is 0. The number of carbonyl (C=O) groups excluding carboxylic acids is 1. The fourth-order valence-electron chi connectivity index (χ4n) is 2.68. The highest BCUT2D eigenvalue weighted by molar-refractivity contribution is 5.98. The minimum Gasteiger partial charge on any atom is -0.292 e. The van der Waals surface area contributed by atoms with Gasteiger partial charge in [0, 0.05) is 12.0 Å². The van der Waals surface area contributed by atoms with E-state index in [1.807, 2.05) is 0 Å². The lowest BCUT2D eigenvalue weighted by molar-refractivity contribution is 0.0737. The molecule has 0 aromatic carbocycles. The van der Waals surface area contributed by atoms with E-state index in [0.29, 0.717) is 5.69 Å². The fraction of sp³-hybridized carbons (Fsp3) is 0.769. The molecule has 0 N–H and O–H groups in total. The van der Waals surface area contributed by atoms with E-state index < -0.39 is 0 Å². The summed E-state index contributed by atoms with van der Waals surface area (Å²) in [5.74, 6) is 0.232. The largest absolute Gasteiger partial charge is 0.292 e. The summed E-state index contributed by atoms with van der Waals surface area (Å²) in [5.41, 5.74) is 0.502. The van der Waals surface area contributed by atoms with Gasteiger partial charge in [0.1, 0.15) is 5.69 Å². The molecular formula is C13H21N3O. The Hall–Kier alpha value is -1.19. The van der Waals surface area contributed by atoms with Crippen LogP contribution in [-0.2, 0) is 6.54 Å². The lowest BCUT2D eigenvalue weighted by Gasteiger charge is -2.31. The first-order valence-electron chi connectivity index (χ1n) is 6.61. The first-order valence-corrected chi connectivity index (χ1v) is 6.61. The number of Topliss-reactive ketones (excluding diaryl/α,β-unsaturated/α-hetero) is 1. The van der Waals surface area contributed by atoms with Crippen molar-refractivity contribution in [2.75, 3.05) is 0 Å². The highest BCUT2D eigenvalue weighted by Crippen LogP contribution is 2.38. The Morgan fingerprint density at radius 1 is 1.41 bits per heavy atom. The molecule has 4 nitrogen and oxygen atoms in total. The molecule has 0 saturated heterocycles. The summed E-state index contributed by atoms with van der Waals surface area (Å²) >= 11 is 0. The van der Waals surface area contributed by atoms with Gasteiger partial charge in [-0.05, 0) is 19.3 Å². The standard InChI is InChI=1S/C13H21N3O/c1-3-9-16-11(10-14-15-16)12(17)13(2)7-5-4-6-8-13/h10H,3-9H2,1-2H3. The second kappa shape index (κ2) is 4.98. The van der Waals surface area contributed by atoms with Crippen molar-refractivity contribution in [3.8, 4) is 0 Å². The van der Waals surface area contributed by atoms with E-state index in [-0.39, 0.29) is 11.2 Å². The van der Waals surface area contributed by atoms with Gasteiger partial charge in [-0.2, -0.15) is 0 Å². The van der Waals surface area contributed by atoms with Crippen molar-refractivity contribution in [3.05, 3.63) is 11.9 Å². The van der Waals surface area contributed by atoms with Crippen LogP contribution in [0.3, 0.4) is 0 Å². The molecule has 1 saturated carbocycles. The Morgan fingerprint density at radius 2 is 2.12 bits per heavy atom. The average molecular weight is 235 g/mol. The van der Waals surface area contributed by atoms with Gasteiger partial charge in [0.15, 0.2) is 5.78 Å². The SMILES string of the molecule is CCCn1nncc1C(=O)C1(C)CCCCC1. The Morgan fingerprint density at radius 3 is 2.76 bits per heavy atom. The number of aromatic nitrogens is 3. The summed E-state index contributed by atoms with van der Waals surface area (Å²) in [4.78, 5) is 12.6. The molecule has 1 aliphatic rings. The fourth-order valence-corrected chi connectivity index (χ4v) is 2.68. The zero-order valence-electron chi connectivity index (χ0n) is 10.8. The normalized spacial score (nSPS) is 19.2. The molecule has 17 heavy (non-hydrogen) atoms. The van der Waals surface area contributed by atoms with Gasteiger partial charge >= 0.3 is 0 Å². The van der Waals surface area contributed by atoms with Crippen LogP contribution < -0.4 is 0 Å². The van der Waals surface area contributed by atoms with Gasteiger partial charge in [0.25, 0.3) is 0 Å². The van der Waals surface area contributed by atoms with Gasteiger partial charge in [-0.3, -0.25) is 4.79 Å². The first kappa shape index (κ1) is 12.3. The molecule has 0 unspecified atom stereocenters. The molecule has 0 aliphatic heterocycles. The molecule has 0 spiro atoms. The van der Waals surface area contributed by atoms with Crippen molar-refractivity contribution in [2.24, 2.45) is 5.41 Å². The molecule has 0 amide bonds. The molecule has 94 valence electrons. The molecule has 0 atom stereocenters. The van der Waals surface area contributed by atoms with Gasteiger partial charge in [-0.1, -0.05) is 38.3 Å². The second-order valence-corrected chi connectivity index (χ2v) is 5.29. The molecular weight excluding hydrogens is 214 g/mol. The lowest BCUT2D eigenvalue weighted by Crippen LogP contribution is -2.32. The third-order valence-electron chi connectivity index (χ3n) is 3.79. The molecule has 1 heterocycles. The predicted octanol–water partition coefficient (Wildman–Crippen LogP) is 2.84. The van der Waals surface area contributed by atoms with Crippen LogP contribution in [0.15, 0.2) is 6.20 Å². The van der Waals surface area contributed by atoms with Gasteiger partial charge in [-0.25, -0.2) is 4.68 Å². The third kappa shape index (κ3) is 2.40. The number of carbonyl (C=O) groups is 1. The zero-order chi connectivity index (χ0) is 12.3. The van der Waals surface area contributed by atoms with Crippen LogP contribution in [0.25, 0.3) is 0 Å². The Kier molecular flexibility index (Phi) is 3.60. The van der Waals surface area contributed by atoms with Gasteiger partial charge in [0.2, 0.25) is 0 Å². The quantitative estimate of drug-likeness (QED) is 0.754. The van der Waals surface area contributed by atoms with Crippen molar-refractivity contribution >= 4 is 5.78 Å². The Labute approximate surface area is 102 Å². The predicted molar refractivity (Wildman–Crippen MR) is 65.8 cm³/mol. The highest BCUT2D eigenvalue weighted by Gasteiger charge is 2.36. The third-order valence-corrected chi connectivity index (χ3v) is 3.79. The summed E-state index contributed by atoms with van der Waals surface area (Å²) in [7, 11) is 0. The summed E-state index contributed by atoms with van der Waals surface area (Å²) in [6.07, 6.45) is 8.19. The zero-order valence-corrected chi connectivity index (χ0v) is 10.8. The molecule has 4 heteroatoms. The Bertz CT molecular complexity index is 391. The second-order valence-electron chi connectivity index (χ2n) is 5.29. The van der Waals surface area contributed by atoms with Crippen LogP contribution in [0, 0.1) is 5.41 Å². The van der Waals surface area contributed by atoms with E-state index in [9.17, 15) is 4.79 Å². The van der Waals surface area contributed by atoms with Crippen LogP contribution in [0.5, 0.6) is 0 Å². The number of aryl methyl sites for hydroxylation is 1. The number of rotatable bonds is 4. The van der Waals surface area contributed by atoms with E-state index in [4.69, 9.17) is 0 Å². The topological polar surface area (TPSA) is 47.8 Å². The van der Waals surface area contributed by atoms with Crippen LogP contribution >= 0.6 is 0 Å². The van der Waals surface area contributed by atoms with Crippen molar-refractivity contribution in [1.82, 2.24) is 15.0 Å². The smallest absolute Gasteiger partial charge is 0.188 e. The van der Waals surface area contributed by atoms with E-state index in [1.54, 1.807) is 10.9 Å². The maximum atomic E-state index is 12.6. The van der Waals surface area contributed by atoms with Crippen molar-refractivity contribution in [1.29, 1.82) is 0 Å². The van der Waals surface area contributed by atoms with E-state index >= 15 is 0 Å². The van der Waals surface area contributed by atoms with E-state index in [1.165, 1.54) is 6.42 Å². The minimum absolute atomic E-state index is 0.189. The molecule has 0 radical (unpaired) electrons. The monoisotopic (exact) mass is 235 g/mol. The van der Waals surface area contributed by atoms with Crippen LogP contribution in [0.2, 0.25) is 0 Å². The van der Waals surface area contributed by atoms with E-state index in [0.717, 1.165) is 38.6 Å². The first-order chi connectivity index (χ1) is 8.17. The molecule has 1 aromatic rings.